The van der Waals surface area contributed by atoms with E-state index in [0.29, 0.717) is 5.92 Å². The van der Waals surface area contributed by atoms with Crippen LogP contribution in [0.4, 0.5) is 11.5 Å². The predicted molar refractivity (Wildman–Crippen MR) is 94.7 cm³/mol. The van der Waals surface area contributed by atoms with E-state index in [1.54, 1.807) is 6.33 Å². The van der Waals surface area contributed by atoms with Crippen molar-refractivity contribution in [2.24, 2.45) is 0 Å². The Labute approximate surface area is 132 Å². The highest BCUT2D eigenvalue weighted by molar-refractivity contribution is 5.91. The molecule has 1 heterocycles. The van der Waals surface area contributed by atoms with Gasteiger partial charge in [0.2, 0.25) is 0 Å². The van der Waals surface area contributed by atoms with E-state index in [2.05, 4.69) is 47.3 Å². The van der Waals surface area contributed by atoms with Crippen molar-refractivity contribution in [2.45, 2.75) is 33.6 Å². The second-order valence-electron chi connectivity index (χ2n) is 5.14. The van der Waals surface area contributed by atoms with Gasteiger partial charge in [-0.3, -0.25) is 0 Å². The zero-order valence-electron chi connectivity index (χ0n) is 13.7. The van der Waals surface area contributed by atoms with Gasteiger partial charge in [-0.1, -0.05) is 52.0 Å². The Bertz CT molecular complexity index is 721. The molecule has 0 bridgehead atoms. The SMILES string of the molecule is CC.CC(C)c1ccc2ncnc(Nc3ccccc3)c2c1. The molecule has 0 amide bonds. The lowest BCUT2D eigenvalue weighted by molar-refractivity contribution is 0.868. The quantitative estimate of drug-likeness (QED) is 0.690. The zero-order chi connectivity index (χ0) is 15.9. The summed E-state index contributed by atoms with van der Waals surface area (Å²) in [6.07, 6.45) is 1.60. The molecule has 0 aliphatic rings. The summed E-state index contributed by atoms with van der Waals surface area (Å²) in [6.45, 7) is 8.38. The fraction of sp³-hybridized carbons (Fsp3) is 0.263. The Balaban J connectivity index is 0.000000847. The summed E-state index contributed by atoms with van der Waals surface area (Å²) in [5.41, 5.74) is 3.29. The van der Waals surface area contributed by atoms with Crippen molar-refractivity contribution >= 4 is 22.4 Å². The van der Waals surface area contributed by atoms with E-state index < -0.39 is 0 Å². The predicted octanol–water partition coefficient (Wildman–Crippen LogP) is 5.52. The standard InChI is InChI=1S/C17H17N3.C2H6/c1-12(2)13-8-9-16-15(10-13)17(19-11-18-16)20-14-6-4-3-5-7-14;1-2/h3-12H,1-2H3,(H,18,19,20);1-2H3. The van der Waals surface area contributed by atoms with Gasteiger partial charge in [0.05, 0.1) is 5.52 Å². The highest BCUT2D eigenvalue weighted by atomic mass is 15.0. The van der Waals surface area contributed by atoms with Crippen LogP contribution in [-0.4, -0.2) is 9.97 Å². The molecule has 3 rings (SSSR count). The molecule has 0 atom stereocenters. The number of anilines is 2. The van der Waals surface area contributed by atoms with Gasteiger partial charge in [0.15, 0.2) is 0 Å². The first kappa shape index (κ1) is 16.0. The van der Waals surface area contributed by atoms with Crippen LogP contribution < -0.4 is 5.32 Å². The molecule has 0 fully saturated rings. The van der Waals surface area contributed by atoms with Gasteiger partial charge in [0.1, 0.15) is 12.1 Å². The van der Waals surface area contributed by atoms with Gasteiger partial charge in [0.25, 0.3) is 0 Å². The van der Waals surface area contributed by atoms with Crippen LogP contribution in [0.2, 0.25) is 0 Å². The maximum absolute atomic E-state index is 4.38. The Kier molecular flexibility index (Phi) is 5.48. The average molecular weight is 293 g/mol. The summed E-state index contributed by atoms with van der Waals surface area (Å²) in [5, 5.41) is 4.42. The van der Waals surface area contributed by atoms with Crippen LogP contribution >= 0.6 is 0 Å². The van der Waals surface area contributed by atoms with Gasteiger partial charge in [-0.15, -0.1) is 0 Å². The third-order valence-corrected chi connectivity index (χ3v) is 3.36. The Morgan fingerprint density at radius 1 is 0.909 bits per heavy atom. The summed E-state index contributed by atoms with van der Waals surface area (Å²) in [7, 11) is 0. The van der Waals surface area contributed by atoms with E-state index in [0.717, 1.165) is 22.4 Å². The number of nitrogens with zero attached hydrogens (tertiary/aromatic N) is 2. The summed E-state index contributed by atoms with van der Waals surface area (Å²) < 4.78 is 0. The molecule has 0 radical (unpaired) electrons. The number of aromatic nitrogens is 2. The first-order valence-electron chi connectivity index (χ1n) is 7.81. The van der Waals surface area contributed by atoms with Crippen molar-refractivity contribution in [3.8, 4) is 0 Å². The molecule has 1 N–H and O–H groups in total. The average Bonchev–Trinajstić information content (AvgIpc) is 2.57. The fourth-order valence-corrected chi connectivity index (χ4v) is 2.19. The van der Waals surface area contributed by atoms with Gasteiger partial charge < -0.3 is 5.32 Å². The molecule has 22 heavy (non-hydrogen) atoms. The van der Waals surface area contributed by atoms with Gasteiger partial charge in [-0.2, -0.15) is 0 Å². The van der Waals surface area contributed by atoms with Crippen LogP contribution in [0, 0.1) is 0 Å². The lowest BCUT2D eigenvalue weighted by atomic mass is 10.0. The number of rotatable bonds is 3. The molecular weight excluding hydrogens is 270 g/mol. The minimum Gasteiger partial charge on any atom is -0.340 e. The minimum atomic E-state index is 0.490. The molecule has 0 saturated heterocycles. The van der Waals surface area contributed by atoms with Crippen LogP contribution in [0.5, 0.6) is 0 Å². The van der Waals surface area contributed by atoms with Gasteiger partial charge in [-0.05, 0) is 35.7 Å². The number of hydrogen-bond donors (Lipinski definition) is 1. The summed E-state index contributed by atoms with van der Waals surface area (Å²) in [5.74, 6) is 1.34. The number of fused-ring (bicyclic) bond motifs is 1. The molecule has 1 aromatic heterocycles. The molecular formula is C19H23N3. The molecule has 3 aromatic rings. The van der Waals surface area contributed by atoms with Crippen LogP contribution in [-0.2, 0) is 0 Å². The van der Waals surface area contributed by atoms with Crippen molar-refractivity contribution in [1.29, 1.82) is 0 Å². The minimum absolute atomic E-state index is 0.490. The molecule has 3 nitrogen and oxygen atoms in total. The van der Waals surface area contributed by atoms with E-state index in [-0.39, 0.29) is 0 Å². The van der Waals surface area contributed by atoms with E-state index in [1.807, 2.05) is 44.2 Å². The van der Waals surface area contributed by atoms with E-state index in [4.69, 9.17) is 0 Å². The topological polar surface area (TPSA) is 37.8 Å². The zero-order valence-corrected chi connectivity index (χ0v) is 13.7. The highest BCUT2D eigenvalue weighted by Crippen LogP contribution is 2.26. The number of hydrogen-bond acceptors (Lipinski definition) is 3. The van der Waals surface area contributed by atoms with Crippen molar-refractivity contribution in [2.75, 3.05) is 5.32 Å². The molecule has 2 aromatic carbocycles. The second-order valence-corrected chi connectivity index (χ2v) is 5.14. The number of benzene rings is 2. The maximum Gasteiger partial charge on any atom is 0.141 e. The molecule has 0 spiro atoms. The third-order valence-electron chi connectivity index (χ3n) is 3.36. The molecule has 3 heteroatoms. The molecule has 0 aliphatic carbocycles. The van der Waals surface area contributed by atoms with Gasteiger partial charge in [-0.25, -0.2) is 9.97 Å². The van der Waals surface area contributed by atoms with Gasteiger partial charge >= 0.3 is 0 Å². The van der Waals surface area contributed by atoms with Crippen molar-refractivity contribution < 1.29 is 0 Å². The van der Waals surface area contributed by atoms with Crippen LogP contribution in [0.25, 0.3) is 10.9 Å². The second kappa shape index (κ2) is 7.55. The number of para-hydroxylation sites is 1. The van der Waals surface area contributed by atoms with Gasteiger partial charge in [0, 0.05) is 11.1 Å². The summed E-state index contributed by atoms with van der Waals surface area (Å²) in [4.78, 5) is 8.71. The summed E-state index contributed by atoms with van der Waals surface area (Å²) >= 11 is 0. The van der Waals surface area contributed by atoms with Crippen LogP contribution in [0.3, 0.4) is 0 Å². The summed E-state index contributed by atoms with van der Waals surface area (Å²) in [6, 6.07) is 16.4. The van der Waals surface area contributed by atoms with Crippen molar-refractivity contribution in [3.05, 3.63) is 60.4 Å². The highest BCUT2D eigenvalue weighted by Gasteiger charge is 2.07. The lowest BCUT2D eigenvalue weighted by Crippen LogP contribution is -1.97. The first-order valence-corrected chi connectivity index (χ1v) is 7.81. The molecule has 0 aliphatic heterocycles. The normalized spacial score (nSPS) is 10.2. The van der Waals surface area contributed by atoms with E-state index in [1.165, 1.54) is 5.56 Å². The molecule has 0 saturated carbocycles. The fourth-order valence-electron chi connectivity index (χ4n) is 2.19. The smallest absolute Gasteiger partial charge is 0.141 e. The molecule has 0 unspecified atom stereocenters. The lowest BCUT2D eigenvalue weighted by Gasteiger charge is -2.11. The van der Waals surface area contributed by atoms with Crippen molar-refractivity contribution in [1.82, 2.24) is 9.97 Å². The Morgan fingerprint density at radius 3 is 2.32 bits per heavy atom. The van der Waals surface area contributed by atoms with E-state index >= 15 is 0 Å². The first-order chi connectivity index (χ1) is 10.7. The Morgan fingerprint density at radius 2 is 1.64 bits per heavy atom. The van der Waals surface area contributed by atoms with Crippen LogP contribution in [0.15, 0.2) is 54.9 Å². The monoisotopic (exact) mass is 293 g/mol. The van der Waals surface area contributed by atoms with E-state index in [9.17, 15) is 0 Å². The third kappa shape index (κ3) is 3.61. The molecule has 114 valence electrons. The largest absolute Gasteiger partial charge is 0.340 e. The van der Waals surface area contributed by atoms with Crippen molar-refractivity contribution in [3.63, 3.8) is 0 Å². The maximum atomic E-state index is 4.38. The van der Waals surface area contributed by atoms with Crippen LogP contribution in [0.1, 0.15) is 39.2 Å². The Hall–Kier alpha value is -2.42. The number of nitrogens with one attached hydrogen (secondary N) is 1.